The third-order valence-electron chi connectivity index (χ3n) is 3.47. The zero-order valence-electron chi connectivity index (χ0n) is 11.3. The van der Waals surface area contributed by atoms with Gasteiger partial charge in [-0.05, 0) is 18.2 Å². The summed E-state index contributed by atoms with van der Waals surface area (Å²) in [4.78, 5) is 8.81. The minimum absolute atomic E-state index is 0.384. The average molecular weight is 302 g/mol. The molecule has 0 atom stereocenters. The zero-order chi connectivity index (χ0) is 14.4. The van der Waals surface area contributed by atoms with Gasteiger partial charge in [0.15, 0.2) is 11.6 Å². The fraction of sp³-hybridized carbons (Fsp3) is 0.214. The normalized spacial score (nSPS) is 12.5. The molecule has 21 heavy (non-hydrogen) atoms. The van der Waals surface area contributed by atoms with Crippen LogP contribution in [0, 0.1) is 0 Å². The number of methoxy groups -OCH3 is 1. The molecule has 0 unspecified atom stereocenters. The van der Waals surface area contributed by atoms with E-state index in [1.807, 2.05) is 33.6 Å². The molecule has 3 heterocycles. The third kappa shape index (κ3) is 1.95. The van der Waals surface area contributed by atoms with Crippen molar-refractivity contribution >= 4 is 11.6 Å². The quantitative estimate of drug-likeness (QED) is 0.570. The van der Waals surface area contributed by atoms with Gasteiger partial charge in [0.2, 0.25) is 0 Å². The molecule has 0 bridgehead atoms. The highest BCUT2D eigenvalue weighted by molar-refractivity contribution is 6.31. The molecule has 3 aromatic rings. The standard InChI is InChI=1S/C14H12ClN5O/c1-21-7-13-17-14-11-4-9(15)2-3-12(11)19-8-16-5-10(19)6-20(14)18-13/h2-5,8H,6-7H2,1H3. The van der Waals surface area contributed by atoms with Crippen molar-refractivity contribution in [1.82, 2.24) is 24.3 Å². The molecule has 7 heteroatoms. The molecular weight excluding hydrogens is 290 g/mol. The molecule has 1 aliphatic heterocycles. The van der Waals surface area contributed by atoms with E-state index >= 15 is 0 Å². The molecule has 0 radical (unpaired) electrons. The second-order valence-corrected chi connectivity index (χ2v) is 5.30. The van der Waals surface area contributed by atoms with Crippen LogP contribution in [0.2, 0.25) is 5.02 Å². The topological polar surface area (TPSA) is 57.8 Å². The molecular formula is C14H12ClN5O. The van der Waals surface area contributed by atoms with E-state index in [0.717, 1.165) is 22.8 Å². The van der Waals surface area contributed by atoms with E-state index in [9.17, 15) is 0 Å². The van der Waals surface area contributed by atoms with E-state index < -0.39 is 0 Å². The van der Waals surface area contributed by atoms with Gasteiger partial charge in [0.25, 0.3) is 0 Å². The van der Waals surface area contributed by atoms with Crippen molar-refractivity contribution in [3.8, 4) is 17.1 Å². The number of rotatable bonds is 2. The summed E-state index contributed by atoms with van der Waals surface area (Å²) in [6, 6.07) is 5.75. The first-order valence-electron chi connectivity index (χ1n) is 6.50. The highest BCUT2D eigenvalue weighted by Crippen LogP contribution is 2.32. The fourth-order valence-electron chi connectivity index (χ4n) is 2.60. The molecule has 0 fully saturated rings. The minimum atomic E-state index is 0.384. The van der Waals surface area contributed by atoms with Gasteiger partial charge < -0.3 is 9.30 Å². The summed E-state index contributed by atoms with van der Waals surface area (Å²) in [5.74, 6) is 1.45. The molecule has 106 valence electrons. The number of nitrogens with zero attached hydrogens (tertiary/aromatic N) is 5. The van der Waals surface area contributed by atoms with Crippen molar-refractivity contribution in [2.75, 3.05) is 7.11 Å². The largest absolute Gasteiger partial charge is 0.377 e. The number of hydrogen-bond donors (Lipinski definition) is 0. The number of hydrogen-bond acceptors (Lipinski definition) is 4. The molecule has 0 saturated carbocycles. The Morgan fingerprint density at radius 2 is 2.29 bits per heavy atom. The minimum Gasteiger partial charge on any atom is -0.377 e. The van der Waals surface area contributed by atoms with E-state index in [-0.39, 0.29) is 0 Å². The maximum atomic E-state index is 6.16. The summed E-state index contributed by atoms with van der Waals surface area (Å²) in [5, 5.41) is 5.17. The number of aromatic nitrogens is 5. The lowest BCUT2D eigenvalue weighted by atomic mass is 10.1. The van der Waals surface area contributed by atoms with Gasteiger partial charge in [-0.3, -0.25) is 0 Å². The van der Waals surface area contributed by atoms with Gasteiger partial charge in [-0.2, -0.15) is 5.10 Å². The second-order valence-electron chi connectivity index (χ2n) is 4.86. The van der Waals surface area contributed by atoms with Crippen molar-refractivity contribution in [2.45, 2.75) is 13.2 Å². The zero-order valence-corrected chi connectivity index (χ0v) is 12.1. The van der Waals surface area contributed by atoms with E-state index in [1.165, 1.54) is 0 Å². The van der Waals surface area contributed by atoms with Crippen LogP contribution in [0.25, 0.3) is 17.1 Å². The summed E-state index contributed by atoms with van der Waals surface area (Å²) in [7, 11) is 1.63. The molecule has 2 aromatic heterocycles. The van der Waals surface area contributed by atoms with Crippen molar-refractivity contribution in [3.05, 3.63) is 47.3 Å². The summed E-state index contributed by atoms with van der Waals surface area (Å²) in [5.41, 5.74) is 2.99. The molecule has 1 aromatic carbocycles. The molecule has 6 nitrogen and oxygen atoms in total. The highest BCUT2D eigenvalue weighted by atomic mass is 35.5. The second kappa shape index (κ2) is 4.68. The van der Waals surface area contributed by atoms with Crippen LogP contribution in [0.3, 0.4) is 0 Å². The van der Waals surface area contributed by atoms with Gasteiger partial charge in [0.1, 0.15) is 6.61 Å². The summed E-state index contributed by atoms with van der Waals surface area (Å²) >= 11 is 6.16. The Morgan fingerprint density at radius 1 is 1.38 bits per heavy atom. The molecule has 0 saturated heterocycles. The van der Waals surface area contributed by atoms with Gasteiger partial charge in [-0.25, -0.2) is 14.6 Å². The average Bonchev–Trinajstić information content (AvgIpc) is 3.05. The molecule has 0 aliphatic carbocycles. The summed E-state index contributed by atoms with van der Waals surface area (Å²) in [6.45, 7) is 0.994. The number of ether oxygens (including phenoxy) is 1. The first-order chi connectivity index (χ1) is 10.3. The molecule has 0 N–H and O–H groups in total. The van der Waals surface area contributed by atoms with Crippen molar-refractivity contribution < 1.29 is 4.74 Å². The first-order valence-corrected chi connectivity index (χ1v) is 6.88. The van der Waals surface area contributed by atoms with E-state index in [4.69, 9.17) is 16.3 Å². The monoisotopic (exact) mass is 301 g/mol. The van der Waals surface area contributed by atoms with Crippen molar-refractivity contribution in [3.63, 3.8) is 0 Å². The van der Waals surface area contributed by atoms with E-state index in [1.54, 1.807) is 13.4 Å². The number of imidazole rings is 1. The number of fused-ring (bicyclic) bond motifs is 5. The summed E-state index contributed by atoms with van der Waals surface area (Å²) < 4.78 is 9.03. The van der Waals surface area contributed by atoms with E-state index in [2.05, 4.69) is 15.1 Å². The Kier molecular flexibility index (Phi) is 2.80. The van der Waals surface area contributed by atoms with Crippen LogP contribution in [0.5, 0.6) is 0 Å². The molecule has 4 rings (SSSR count). The van der Waals surface area contributed by atoms with Gasteiger partial charge >= 0.3 is 0 Å². The predicted octanol–water partition coefficient (Wildman–Crippen LogP) is 2.29. The Labute approximate surface area is 126 Å². The summed E-state index contributed by atoms with van der Waals surface area (Å²) in [6.07, 6.45) is 3.63. The molecule has 0 spiro atoms. The van der Waals surface area contributed by atoms with Crippen LogP contribution in [0.4, 0.5) is 0 Å². The molecule has 0 amide bonds. The lowest BCUT2D eigenvalue weighted by Crippen LogP contribution is -2.04. The SMILES string of the molecule is COCc1nc2n(n1)Cc1cncn1-c1ccc(Cl)cc1-2. The van der Waals surface area contributed by atoms with Crippen LogP contribution in [0.1, 0.15) is 11.5 Å². The lowest BCUT2D eigenvalue weighted by molar-refractivity contribution is 0.177. The Balaban J connectivity index is 1.99. The van der Waals surface area contributed by atoms with Gasteiger partial charge in [0.05, 0.1) is 30.5 Å². The molecule has 1 aliphatic rings. The van der Waals surface area contributed by atoms with Gasteiger partial charge in [-0.1, -0.05) is 11.6 Å². The smallest absolute Gasteiger partial charge is 0.176 e. The maximum absolute atomic E-state index is 6.16. The van der Waals surface area contributed by atoms with Crippen molar-refractivity contribution in [2.24, 2.45) is 0 Å². The van der Waals surface area contributed by atoms with Gasteiger partial charge in [0, 0.05) is 17.7 Å². The van der Waals surface area contributed by atoms with Crippen LogP contribution in [0.15, 0.2) is 30.7 Å². The first kappa shape index (κ1) is 12.6. The Morgan fingerprint density at radius 3 is 3.14 bits per heavy atom. The maximum Gasteiger partial charge on any atom is 0.176 e. The van der Waals surface area contributed by atoms with Crippen LogP contribution in [-0.2, 0) is 17.9 Å². The van der Waals surface area contributed by atoms with Crippen LogP contribution < -0.4 is 0 Å². The fourth-order valence-corrected chi connectivity index (χ4v) is 2.77. The highest BCUT2D eigenvalue weighted by Gasteiger charge is 2.22. The number of halogens is 1. The lowest BCUT2D eigenvalue weighted by Gasteiger charge is -2.08. The Bertz CT molecular complexity index is 823. The Hall–Kier alpha value is -2.18. The van der Waals surface area contributed by atoms with E-state index in [0.29, 0.717) is 24.0 Å². The van der Waals surface area contributed by atoms with Crippen molar-refractivity contribution in [1.29, 1.82) is 0 Å². The predicted molar refractivity (Wildman–Crippen MR) is 77.4 cm³/mol. The van der Waals surface area contributed by atoms with Crippen LogP contribution >= 0.6 is 11.6 Å². The van der Waals surface area contributed by atoms with Gasteiger partial charge in [-0.15, -0.1) is 0 Å². The number of benzene rings is 1. The third-order valence-corrected chi connectivity index (χ3v) is 3.71. The van der Waals surface area contributed by atoms with Crippen LogP contribution in [-0.4, -0.2) is 31.4 Å².